The van der Waals surface area contributed by atoms with Gasteiger partial charge in [-0.25, -0.2) is 0 Å². The molecule has 0 aromatic rings. The molecule has 4 aliphatic carbocycles. The first-order chi connectivity index (χ1) is 9.64. The Bertz CT molecular complexity index is 376. The fourth-order valence-electron chi connectivity index (χ4n) is 5.94. The molecule has 2 unspecified atom stereocenters. The highest BCUT2D eigenvalue weighted by atomic mass is 35.5. The fourth-order valence-corrected chi connectivity index (χ4v) is 5.94. The lowest BCUT2D eigenvalue weighted by atomic mass is 9.49. The molecule has 2 N–H and O–H groups in total. The number of hydrogen-bond donors (Lipinski definition) is 2. The Balaban J connectivity index is 0.00000132. The smallest absolute Gasteiger partial charge is 0.226 e. The van der Waals surface area contributed by atoms with Crippen LogP contribution in [-0.4, -0.2) is 25.0 Å². The van der Waals surface area contributed by atoms with E-state index in [4.69, 9.17) is 0 Å². The summed E-state index contributed by atoms with van der Waals surface area (Å²) in [5.41, 5.74) is 0.0271. The van der Waals surface area contributed by atoms with Crippen molar-refractivity contribution >= 4 is 18.3 Å². The summed E-state index contributed by atoms with van der Waals surface area (Å²) in [6.45, 7) is 4.36. The minimum absolute atomic E-state index is 0. The van der Waals surface area contributed by atoms with Gasteiger partial charge in [-0.1, -0.05) is 6.92 Å². The molecule has 3 nitrogen and oxygen atoms in total. The van der Waals surface area contributed by atoms with E-state index >= 15 is 0 Å². The van der Waals surface area contributed by atoms with Crippen molar-refractivity contribution in [2.45, 2.75) is 57.9 Å². The summed E-state index contributed by atoms with van der Waals surface area (Å²) in [5.74, 6) is 3.56. The number of carbonyl (C=O) groups excluding carboxylic acids is 1. The molecule has 4 heteroatoms. The average Bonchev–Trinajstić information content (AvgIpc) is 2.40. The maximum Gasteiger partial charge on any atom is 0.226 e. The number of rotatable bonds is 2. The second kappa shape index (κ2) is 5.73. The Morgan fingerprint density at radius 3 is 2.19 bits per heavy atom. The minimum Gasteiger partial charge on any atom is -0.353 e. The van der Waals surface area contributed by atoms with Gasteiger partial charge >= 0.3 is 0 Å². The van der Waals surface area contributed by atoms with Crippen molar-refractivity contribution in [2.75, 3.05) is 13.1 Å². The molecule has 0 aromatic heterocycles. The van der Waals surface area contributed by atoms with Crippen LogP contribution in [-0.2, 0) is 4.79 Å². The molecule has 4 bridgehead atoms. The van der Waals surface area contributed by atoms with Crippen molar-refractivity contribution in [1.82, 2.24) is 10.6 Å². The Morgan fingerprint density at radius 2 is 1.67 bits per heavy atom. The van der Waals surface area contributed by atoms with Crippen molar-refractivity contribution in [2.24, 2.45) is 29.1 Å². The summed E-state index contributed by atoms with van der Waals surface area (Å²) in [5, 5.41) is 6.87. The van der Waals surface area contributed by atoms with E-state index in [1.54, 1.807) is 0 Å². The first-order valence-corrected chi connectivity index (χ1v) is 8.66. The predicted octanol–water partition coefficient (Wildman–Crippen LogP) is 2.74. The third-order valence-electron chi connectivity index (χ3n) is 6.62. The monoisotopic (exact) mass is 312 g/mol. The molecule has 0 spiro atoms. The topological polar surface area (TPSA) is 41.1 Å². The molecular weight excluding hydrogens is 284 g/mol. The lowest BCUT2D eigenvalue weighted by Crippen LogP contribution is -2.57. The van der Waals surface area contributed by atoms with Gasteiger partial charge in [0.15, 0.2) is 0 Å². The van der Waals surface area contributed by atoms with E-state index < -0.39 is 0 Å². The SMILES string of the molecule is CC1CNCCC1NC(=O)C12CC3CC(CC(C3)C1)C2.Cl. The third-order valence-corrected chi connectivity index (χ3v) is 6.62. The van der Waals surface area contributed by atoms with E-state index in [1.165, 1.54) is 38.5 Å². The van der Waals surface area contributed by atoms with E-state index in [2.05, 4.69) is 17.6 Å². The van der Waals surface area contributed by atoms with Crippen LogP contribution in [0.1, 0.15) is 51.9 Å². The molecule has 5 rings (SSSR count). The Labute approximate surface area is 134 Å². The molecule has 1 amide bonds. The van der Waals surface area contributed by atoms with E-state index in [9.17, 15) is 4.79 Å². The highest BCUT2D eigenvalue weighted by Gasteiger charge is 2.54. The molecule has 5 aliphatic rings. The lowest BCUT2D eigenvalue weighted by Gasteiger charge is -2.56. The molecule has 1 aliphatic heterocycles. The van der Waals surface area contributed by atoms with Crippen molar-refractivity contribution in [3.8, 4) is 0 Å². The number of halogens is 1. The summed E-state index contributed by atoms with van der Waals surface area (Å²) in [4.78, 5) is 13.0. The first kappa shape index (κ1) is 15.6. The summed E-state index contributed by atoms with van der Waals surface area (Å²) in [6.07, 6.45) is 8.89. The van der Waals surface area contributed by atoms with Gasteiger partial charge in [-0.3, -0.25) is 4.79 Å². The molecule has 1 heterocycles. The summed E-state index contributed by atoms with van der Waals surface area (Å²) < 4.78 is 0. The van der Waals surface area contributed by atoms with Gasteiger partial charge < -0.3 is 10.6 Å². The summed E-state index contributed by atoms with van der Waals surface area (Å²) in [7, 11) is 0. The van der Waals surface area contributed by atoms with Crippen LogP contribution >= 0.6 is 12.4 Å². The van der Waals surface area contributed by atoms with Gasteiger partial charge in [0, 0.05) is 11.5 Å². The van der Waals surface area contributed by atoms with E-state index in [-0.39, 0.29) is 17.8 Å². The molecule has 5 fully saturated rings. The van der Waals surface area contributed by atoms with Crippen molar-refractivity contribution in [3.63, 3.8) is 0 Å². The third kappa shape index (κ3) is 2.72. The molecule has 21 heavy (non-hydrogen) atoms. The maximum absolute atomic E-state index is 13.0. The minimum atomic E-state index is 0. The highest BCUT2D eigenvalue weighted by Crippen LogP contribution is 2.60. The highest BCUT2D eigenvalue weighted by molar-refractivity contribution is 5.85. The van der Waals surface area contributed by atoms with Gasteiger partial charge in [0.25, 0.3) is 0 Å². The summed E-state index contributed by atoms with van der Waals surface area (Å²) in [6, 6.07) is 0.400. The van der Waals surface area contributed by atoms with Crippen molar-refractivity contribution in [1.29, 1.82) is 0 Å². The van der Waals surface area contributed by atoms with Crippen molar-refractivity contribution < 1.29 is 4.79 Å². The Hall–Kier alpha value is -0.280. The maximum atomic E-state index is 13.0. The van der Waals surface area contributed by atoms with Gasteiger partial charge in [0.05, 0.1) is 0 Å². The van der Waals surface area contributed by atoms with E-state index in [1.807, 2.05) is 0 Å². The standard InChI is InChI=1S/C17H28N2O.ClH/c1-11-10-18-3-2-15(11)19-16(20)17-7-12-4-13(8-17)6-14(5-12)9-17;/h11-15,18H,2-10H2,1H3,(H,19,20);1H. The van der Waals surface area contributed by atoms with Crippen LogP contribution in [0, 0.1) is 29.1 Å². The van der Waals surface area contributed by atoms with Crippen LogP contribution in [0.15, 0.2) is 0 Å². The average molecular weight is 313 g/mol. The van der Waals surface area contributed by atoms with E-state index in [0.29, 0.717) is 17.9 Å². The van der Waals surface area contributed by atoms with Crippen LogP contribution in [0.25, 0.3) is 0 Å². The van der Waals surface area contributed by atoms with Gasteiger partial charge in [-0.15, -0.1) is 12.4 Å². The van der Waals surface area contributed by atoms with Crippen LogP contribution in [0.3, 0.4) is 0 Å². The number of hydrogen-bond acceptors (Lipinski definition) is 2. The molecule has 4 saturated carbocycles. The zero-order chi connectivity index (χ0) is 13.7. The van der Waals surface area contributed by atoms with Crippen LogP contribution in [0.4, 0.5) is 0 Å². The largest absolute Gasteiger partial charge is 0.353 e. The molecule has 0 radical (unpaired) electrons. The predicted molar refractivity (Wildman–Crippen MR) is 86.4 cm³/mol. The second-order valence-electron chi connectivity index (χ2n) is 8.25. The molecule has 1 saturated heterocycles. The lowest BCUT2D eigenvalue weighted by molar-refractivity contribution is -0.147. The normalized spacial score (nSPS) is 47.8. The molecular formula is C17H29ClN2O. The Kier molecular flexibility index (Phi) is 4.26. The van der Waals surface area contributed by atoms with Gasteiger partial charge in [0.1, 0.15) is 0 Å². The van der Waals surface area contributed by atoms with Gasteiger partial charge in [0.2, 0.25) is 5.91 Å². The summed E-state index contributed by atoms with van der Waals surface area (Å²) >= 11 is 0. The van der Waals surface area contributed by atoms with Crippen LogP contribution < -0.4 is 10.6 Å². The number of nitrogens with one attached hydrogen (secondary N) is 2. The van der Waals surface area contributed by atoms with Crippen molar-refractivity contribution in [3.05, 3.63) is 0 Å². The Morgan fingerprint density at radius 1 is 1.10 bits per heavy atom. The van der Waals surface area contributed by atoms with Crippen LogP contribution in [0.2, 0.25) is 0 Å². The number of amides is 1. The molecule has 2 atom stereocenters. The zero-order valence-electron chi connectivity index (χ0n) is 13.1. The van der Waals surface area contributed by atoms with Crippen LogP contribution in [0.5, 0.6) is 0 Å². The molecule has 0 aromatic carbocycles. The zero-order valence-corrected chi connectivity index (χ0v) is 13.9. The molecule has 120 valence electrons. The fraction of sp³-hybridized carbons (Fsp3) is 0.941. The van der Waals surface area contributed by atoms with Gasteiger partial charge in [-0.2, -0.15) is 0 Å². The number of piperidine rings is 1. The quantitative estimate of drug-likeness (QED) is 0.823. The second-order valence-corrected chi connectivity index (χ2v) is 8.25. The first-order valence-electron chi connectivity index (χ1n) is 8.66. The van der Waals surface area contributed by atoms with Gasteiger partial charge in [-0.05, 0) is 81.7 Å². The number of carbonyl (C=O) groups is 1. The van der Waals surface area contributed by atoms with E-state index in [0.717, 1.165) is 37.3 Å².